The number of carbonyl (C=O) groups excluding carboxylic acids is 2. The van der Waals surface area contributed by atoms with Crippen molar-refractivity contribution in [2.75, 3.05) is 31.0 Å². The van der Waals surface area contributed by atoms with Crippen molar-refractivity contribution in [1.29, 1.82) is 0 Å². The molecule has 0 spiro atoms. The predicted molar refractivity (Wildman–Crippen MR) is 107 cm³/mol. The van der Waals surface area contributed by atoms with Crippen molar-refractivity contribution in [3.8, 4) is 17.2 Å². The molecule has 1 heterocycles. The Morgan fingerprint density at radius 1 is 1.06 bits per heavy atom. The number of alkyl halides is 3. The topological polar surface area (TPSA) is 85.9 Å². The molecular formula is C21H19F3N2O5. The van der Waals surface area contributed by atoms with Crippen LogP contribution in [0.3, 0.4) is 0 Å². The van der Waals surface area contributed by atoms with Crippen LogP contribution in [0.25, 0.3) is 6.08 Å². The van der Waals surface area contributed by atoms with Crippen LogP contribution in [-0.4, -0.2) is 32.1 Å². The van der Waals surface area contributed by atoms with E-state index in [1.807, 2.05) is 0 Å². The first-order valence-electron chi connectivity index (χ1n) is 9.13. The van der Waals surface area contributed by atoms with Crippen LogP contribution < -0.4 is 24.8 Å². The van der Waals surface area contributed by atoms with Crippen LogP contribution in [0, 0.1) is 0 Å². The van der Waals surface area contributed by atoms with Crippen molar-refractivity contribution in [2.45, 2.75) is 13.1 Å². The van der Waals surface area contributed by atoms with Gasteiger partial charge >= 0.3 is 6.18 Å². The molecule has 0 radical (unpaired) electrons. The number of amides is 2. The van der Waals surface area contributed by atoms with Gasteiger partial charge in [0.15, 0.2) is 11.5 Å². The zero-order chi connectivity index (χ0) is 22.6. The highest BCUT2D eigenvalue weighted by molar-refractivity contribution is 6.05. The Balaban J connectivity index is 1.83. The van der Waals surface area contributed by atoms with Crippen molar-refractivity contribution in [2.24, 2.45) is 0 Å². The lowest BCUT2D eigenvalue weighted by Gasteiger charge is -2.20. The second-order valence-electron chi connectivity index (χ2n) is 6.51. The molecule has 1 aliphatic heterocycles. The Morgan fingerprint density at radius 2 is 1.81 bits per heavy atom. The first kappa shape index (κ1) is 22.0. The molecule has 31 heavy (non-hydrogen) atoms. The molecule has 2 N–H and O–H groups in total. The number of fused-ring (bicyclic) bond motifs is 1. The Kier molecular flexibility index (Phi) is 6.38. The average molecular weight is 436 g/mol. The third-order valence-corrected chi connectivity index (χ3v) is 4.19. The zero-order valence-corrected chi connectivity index (χ0v) is 16.6. The lowest BCUT2D eigenvalue weighted by Crippen LogP contribution is -2.16. The van der Waals surface area contributed by atoms with E-state index in [-0.39, 0.29) is 11.4 Å². The minimum atomic E-state index is -4.61. The maximum atomic E-state index is 13.0. The molecule has 0 aromatic heterocycles. The van der Waals surface area contributed by atoms with Crippen LogP contribution in [0.2, 0.25) is 0 Å². The second-order valence-corrected chi connectivity index (χ2v) is 6.51. The number of benzene rings is 2. The van der Waals surface area contributed by atoms with Crippen molar-refractivity contribution >= 4 is 29.3 Å². The van der Waals surface area contributed by atoms with Gasteiger partial charge in [0.1, 0.15) is 13.2 Å². The number of ether oxygens (including phenoxy) is 3. The fourth-order valence-corrected chi connectivity index (χ4v) is 2.86. The summed E-state index contributed by atoms with van der Waals surface area (Å²) in [5, 5.41) is 4.75. The molecule has 7 nitrogen and oxygen atoms in total. The molecule has 2 aromatic rings. The van der Waals surface area contributed by atoms with E-state index in [4.69, 9.17) is 14.2 Å². The number of halogens is 3. The highest BCUT2D eigenvalue weighted by Crippen LogP contribution is 2.40. The van der Waals surface area contributed by atoms with E-state index in [1.54, 1.807) is 12.1 Å². The number of anilines is 2. The van der Waals surface area contributed by atoms with Crippen LogP contribution in [-0.2, 0) is 15.8 Å². The average Bonchev–Trinajstić information content (AvgIpc) is 2.71. The first-order valence-corrected chi connectivity index (χ1v) is 9.13. The van der Waals surface area contributed by atoms with Gasteiger partial charge in [-0.3, -0.25) is 9.59 Å². The summed E-state index contributed by atoms with van der Waals surface area (Å²) in [5.74, 6) is 0.146. The van der Waals surface area contributed by atoms with Gasteiger partial charge in [-0.2, -0.15) is 13.2 Å². The summed E-state index contributed by atoms with van der Waals surface area (Å²) in [4.78, 5) is 23.7. The molecule has 0 aliphatic carbocycles. The van der Waals surface area contributed by atoms with Crippen molar-refractivity contribution in [1.82, 2.24) is 0 Å². The summed E-state index contributed by atoms with van der Waals surface area (Å²) < 4.78 is 55.4. The molecular weight excluding hydrogens is 417 g/mol. The smallest absolute Gasteiger partial charge is 0.416 e. The normalized spacial score (nSPS) is 13.1. The monoisotopic (exact) mass is 436 g/mol. The molecule has 0 atom stereocenters. The Hall–Kier alpha value is -3.69. The Bertz CT molecular complexity index is 1020. The van der Waals surface area contributed by atoms with E-state index in [9.17, 15) is 22.8 Å². The van der Waals surface area contributed by atoms with E-state index in [0.29, 0.717) is 36.0 Å². The molecule has 164 valence electrons. The van der Waals surface area contributed by atoms with Gasteiger partial charge < -0.3 is 24.8 Å². The van der Waals surface area contributed by atoms with Crippen molar-refractivity contribution < 1.29 is 37.0 Å². The lowest BCUT2D eigenvalue weighted by atomic mass is 10.1. The largest absolute Gasteiger partial charge is 0.493 e. The SMILES string of the molecule is COc1cc(/C=C/C(=O)Nc2cc(C(F)(F)F)ccc2NC(C)=O)cc2c1OCCO2. The van der Waals surface area contributed by atoms with Crippen LogP contribution in [0.4, 0.5) is 24.5 Å². The van der Waals surface area contributed by atoms with E-state index >= 15 is 0 Å². The third kappa shape index (κ3) is 5.47. The molecule has 0 saturated heterocycles. The number of rotatable bonds is 5. The molecule has 0 unspecified atom stereocenters. The van der Waals surface area contributed by atoms with E-state index in [2.05, 4.69) is 10.6 Å². The predicted octanol–water partition coefficient (Wildman–Crippen LogP) is 4.10. The lowest BCUT2D eigenvalue weighted by molar-refractivity contribution is -0.137. The van der Waals surface area contributed by atoms with Gasteiger partial charge in [0.05, 0.1) is 24.0 Å². The fourth-order valence-electron chi connectivity index (χ4n) is 2.86. The number of methoxy groups -OCH3 is 1. The zero-order valence-electron chi connectivity index (χ0n) is 16.6. The van der Waals surface area contributed by atoms with Crippen molar-refractivity contribution in [3.63, 3.8) is 0 Å². The molecule has 0 saturated carbocycles. The van der Waals surface area contributed by atoms with Crippen LogP contribution >= 0.6 is 0 Å². The summed E-state index contributed by atoms with van der Waals surface area (Å²) in [6.45, 7) is 1.96. The number of nitrogens with one attached hydrogen (secondary N) is 2. The van der Waals surface area contributed by atoms with Crippen LogP contribution in [0.1, 0.15) is 18.1 Å². The van der Waals surface area contributed by atoms with Gasteiger partial charge in [-0.05, 0) is 42.0 Å². The molecule has 3 rings (SSSR count). The van der Waals surface area contributed by atoms with E-state index in [0.717, 1.165) is 24.3 Å². The summed E-state index contributed by atoms with van der Waals surface area (Å²) in [6, 6.07) is 5.93. The quantitative estimate of drug-likeness (QED) is 0.690. The number of hydrogen-bond donors (Lipinski definition) is 2. The first-order chi connectivity index (χ1) is 14.7. The van der Waals surface area contributed by atoms with E-state index in [1.165, 1.54) is 20.1 Å². The summed E-state index contributed by atoms with van der Waals surface area (Å²) in [7, 11) is 1.46. The minimum absolute atomic E-state index is 0.0447. The molecule has 10 heteroatoms. The minimum Gasteiger partial charge on any atom is -0.493 e. The third-order valence-electron chi connectivity index (χ3n) is 4.19. The number of hydrogen-bond acceptors (Lipinski definition) is 5. The Morgan fingerprint density at radius 3 is 2.48 bits per heavy atom. The van der Waals surface area contributed by atoms with Crippen molar-refractivity contribution in [3.05, 3.63) is 47.5 Å². The molecule has 2 amide bonds. The summed E-state index contributed by atoms with van der Waals surface area (Å²) in [6.07, 6.45) is -2.02. The highest BCUT2D eigenvalue weighted by Gasteiger charge is 2.31. The Labute approximate surface area is 175 Å². The van der Waals surface area contributed by atoms with Gasteiger partial charge in [-0.15, -0.1) is 0 Å². The molecule has 0 fully saturated rings. The van der Waals surface area contributed by atoms with Gasteiger partial charge in [-0.25, -0.2) is 0 Å². The molecule has 1 aliphatic rings. The van der Waals surface area contributed by atoms with Gasteiger partial charge in [0.25, 0.3) is 0 Å². The van der Waals surface area contributed by atoms with Gasteiger partial charge in [-0.1, -0.05) is 0 Å². The maximum absolute atomic E-state index is 13.0. The maximum Gasteiger partial charge on any atom is 0.416 e. The second kappa shape index (κ2) is 8.99. The van der Waals surface area contributed by atoms with Crippen LogP contribution in [0.15, 0.2) is 36.4 Å². The van der Waals surface area contributed by atoms with Gasteiger partial charge in [0, 0.05) is 13.0 Å². The number of carbonyl (C=O) groups is 2. The molecule has 2 aromatic carbocycles. The van der Waals surface area contributed by atoms with Crippen LogP contribution in [0.5, 0.6) is 17.2 Å². The summed E-state index contributed by atoms with van der Waals surface area (Å²) >= 11 is 0. The fraction of sp³-hybridized carbons (Fsp3) is 0.238. The summed E-state index contributed by atoms with van der Waals surface area (Å²) in [5.41, 5.74) is -0.539. The molecule has 0 bridgehead atoms. The van der Waals surface area contributed by atoms with E-state index < -0.39 is 23.6 Å². The standard InChI is InChI=1S/C21H19F3N2O5/c1-12(27)25-15-5-4-14(21(22,23)24)11-16(15)26-19(28)6-3-13-9-17(29-2)20-18(10-13)30-7-8-31-20/h3-6,9-11H,7-8H2,1-2H3,(H,25,27)(H,26,28)/b6-3+. The van der Waals surface area contributed by atoms with Gasteiger partial charge in [0.2, 0.25) is 17.6 Å². The highest BCUT2D eigenvalue weighted by atomic mass is 19.4.